The number of Topliss-reactive ketones (excluding diaryl/α,β-unsaturated/α-hetero) is 1. The van der Waals surface area contributed by atoms with Crippen LogP contribution in [0, 0.1) is 12.8 Å². The number of rotatable bonds is 8. The molecule has 0 aromatic heterocycles. The Labute approximate surface area is 174 Å². The van der Waals surface area contributed by atoms with Gasteiger partial charge in [0.15, 0.2) is 0 Å². The lowest BCUT2D eigenvalue weighted by Crippen LogP contribution is -2.27. The van der Waals surface area contributed by atoms with Crippen molar-refractivity contribution in [2.75, 3.05) is 5.32 Å². The summed E-state index contributed by atoms with van der Waals surface area (Å²) in [7, 11) is 0. The lowest BCUT2D eigenvalue weighted by molar-refractivity contribution is -0.119. The number of hydrogen-bond acceptors (Lipinski definition) is 2. The summed E-state index contributed by atoms with van der Waals surface area (Å²) in [6, 6.07) is 14.6. The summed E-state index contributed by atoms with van der Waals surface area (Å²) in [5.41, 5.74) is 5.48. The predicted octanol–water partition coefficient (Wildman–Crippen LogP) is 5.99. The van der Waals surface area contributed by atoms with Crippen LogP contribution in [-0.4, -0.2) is 11.7 Å². The van der Waals surface area contributed by atoms with Crippen LogP contribution >= 0.6 is 0 Å². The molecule has 1 unspecified atom stereocenters. The molecule has 1 atom stereocenters. The van der Waals surface area contributed by atoms with Gasteiger partial charge in [0.05, 0.1) is 5.92 Å². The molecule has 1 aliphatic carbocycles. The zero-order valence-electron chi connectivity index (χ0n) is 18.0. The van der Waals surface area contributed by atoms with E-state index in [-0.39, 0.29) is 17.6 Å². The van der Waals surface area contributed by atoms with Gasteiger partial charge in [-0.2, -0.15) is 0 Å². The Kier molecular flexibility index (Phi) is 7.24. The molecule has 1 aliphatic rings. The summed E-state index contributed by atoms with van der Waals surface area (Å²) >= 11 is 0. The molecule has 0 heterocycles. The number of carbonyl (C=O) groups is 2. The largest absolute Gasteiger partial charge is 0.325 e. The van der Waals surface area contributed by atoms with E-state index >= 15 is 0 Å². The van der Waals surface area contributed by atoms with Gasteiger partial charge in [-0.15, -0.1) is 0 Å². The van der Waals surface area contributed by atoms with E-state index in [9.17, 15) is 9.59 Å². The zero-order valence-corrected chi connectivity index (χ0v) is 18.0. The minimum atomic E-state index is -0.108. The molecular weight excluding hydrogens is 358 g/mol. The van der Waals surface area contributed by atoms with Gasteiger partial charge in [-0.1, -0.05) is 56.2 Å². The lowest BCUT2D eigenvalue weighted by atomic mass is 9.83. The first-order valence-electron chi connectivity index (χ1n) is 11.0. The fraction of sp³-hybridized carbons (Fsp3) is 0.462. The standard InChI is InChI=1S/C26H33NO2/c1-4-20-13-16-23(17-14-20)25(22-8-5-6-9-22)26(29)27-24-11-7-10-21(19(24)3)15-12-18(2)28/h7,10-11,13-14,16-17,22,25H,4-6,8-9,12,15H2,1-3H3,(H,27,29). The molecule has 0 bridgehead atoms. The van der Waals surface area contributed by atoms with Crippen LogP contribution in [0.4, 0.5) is 5.69 Å². The van der Waals surface area contributed by atoms with Gasteiger partial charge < -0.3 is 10.1 Å². The SMILES string of the molecule is CCc1ccc(C(C(=O)Nc2cccc(CCC(C)=O)c2C)C2CCCC2)cc1. The van der Waals surface area contributed by atoms with Crippen LogP contribution in [0.5, 0.6) is 0 Å². The highest BCUT2D eigenvalue weighted by molar-refractivity contribution is 5.97. The number of hydrogen-bond donors (Lipinski definition) is 1. The average Bonchev–Trinajstić information content (AvgIpc) is 3.23. The fourth-order valence-corrected chi connectivity index (χ4v) is 4.50. The molecule has 1 saturated carbocycles. The molecule has 0 radical (unpaired) electrons. The monoisotopic (exact) mass is 391 g/mol. The second-order valence-electron chi connectivity index (χ2n) is 8.40. The molecule has 29 heavy (non-hydrogen) atoms. The van der Waals surface area contributed by atoms with Crippen LogP contribution in [0.2, 0.25) is 0 Å². The Morgan fingerprint density at radius 1 is 1.07 bits per heavy atom. The zero-order chi connectivity index (χ0) is 20.8. The number of benzene rings is 2. The van der Waals surface area contributed by atoms with Gasteiger partial charge in [0.1, 0.15) is 5.78 Å². The highest BCUT2D eigenvalue weighted by Gasteiger charge is 2.32. The molecule has 2 aromatic carbocycles. The van der Waals surface area contributed by atoms with E-state index in [4.69, 9.17) is 0 Å². The molecule has 3 rings (SSSR count). The van der Waals surface area contributed by atoms with Gasteiger partial charge in [-0.25, -0.2) is 0 Å². The second kappa shape index (κ2) is 9.87. The first-order valence-corrected chi connectivity index (χ1v) is 11.0. The number of anilines is 1. The van der Waals surface area contributed by atoms with Crippen molar-refractivity contribution >= 4 is 17.4 Å². The molecule has 2 aromatic rings. The molecule has 3 nitrogen and oxygen atoms in total. The summed E-state index contributed by atoms with van der Waals surface area (Å²) in [5.74, 6) is 0.580. The van der Waals surface area contributed by atoms with E-state index in [0.29, 0.717) is 12.3 Å². The van der Waals surface area contributed by atoms with E-state index in [1.54, 1.807) is 6.92 Å². The van der Waals surface area contributed by atoms with Gasteiger partial charge in [0, 0.05) is 12.1 Å². The molecule has 0 spiro atoms. The van der Waals surface area contributed by atoms with Crippen molar-refractivity contribution in [1.82, 2.24) is 0 Å². The summed E-state index contributed by atoms with van der Waals surface area (Å²) in [5, 5.41) is 3.22. The van der Waals surface area contributed by atoms with E-state index in [0.717, 1.165) is 48.1 Å². The van der Waals surface area contributed by atoms with Crippen molar-refractivity contribution in [2.45, 2.75) is 71.6 Å². The molecule has 1 amide bonds. The Morgan fingerprint density at radius 2 is 1.76 bits per heavy atom. The minimum absolute atomic E-state index is 0.0907. The Bertz CT molecular complexity index is 848. The summed E-state index contributed by atoms with van der Waals surface area (Å²) in [6.07, 6.45) is 6.91. The molecule has 1 N–H and O–H groups in total. The van der Waals surface area contributed by atoms with Crippen LogP contribution in [0.3, 0.4) is 0 Å². The number of ketones is 1. The lowest BCUT2D eigenvalue weighted by Gasteiger charge is -2.24. The van der Waals surface area contributed by atoms with Gasteiger partial charge in [-0.05, 0) is 73.8 Å². The van der Waals surface area contributed by atoms with Gasteiger partial charge >= 0.3 is 0 Å². The molecule has 3 heteroatoms. The molecule has 0 aliphatic heterocycles. The Balaban J connectivity index is 1.83. The molecular formula is C26H33NO2. The summed E-state index contributed by atoms with van der Waals surface area (Å²) < 4.78 is 0. The van der Waals surface area contributed by atoms with Crippen molar-refractivity contribution in [3.63, 3.8) is 0 Å². The predicted molar refractivity (Wildman–Crippen MR) is 119 cm³/mol. The maximum absolute atomic E-state index is 13.4. The Morgan fingerprint density at radius 3 is 2.38 bits per heavy atom. The maximum atomic E-state index is 13.4. The molecule has 0 saturated heterocycles. The van der Waals surface area contributed by atoms with Gasteiger partial charge in [-0.3, -0.25) is 4.79 Å². The van der Waals surface area contributed by atoms with Crippen LogP contribution in [0.1, 0.15) is 74.1 Å². The second-order valence-corrected chi connectivity index (χ2v) is 8.40. The van der Waals surface area contributed by atoms with Crippen molar-refractivity contribution in [2.24, 2.45) is 5.92 Å². The number of nitrogens with one attached hydrogen (secondary N) is 1. The quantitative estimate of drug-likeness (QED) is 0.600. The maximum Gasteiger partial charge on any atom is 0.232 e. The minimum Gasteiger partial charge on any atom is -0.325 e. The average molecular weight is 392 g/mol. The van der Waals surface area contributed by atoms with E-state index in [2.05, 4.69) is 36.5 Å². The van der Waals surface area contributed by atoms with Gasteiger partial charge in [0.2, 0.25) is 5.91 Å². The topological polar surface area (TPSA) is 46.2 Å². The van der Waals surface area contributed by atoms with Crippen LogP contribution in [-0.2, 0) is 22.4 Å². The van der Waals surface area contributed by atoms with Crippen molar-refractivity contribution < 1.29 is 9.59 Å². The normalized spacial score (nSPS) is 15.3. The smallest absolute Gasteiger partial charge is 0.232 e. The third-order valence-corrected chi connectivity index (χ3v) is 6.35. The van der Waals surface area contributed by atoms with E-state index < -0.39 is 0 Å². The number of carbonyl (C=O) groups excluding carboxylic acids is 2. The van der Waals surface area contributed by atoms with E-state index in [1.165, 1.54) is 18.4 Å². The third kappa shape index (κ3) is 5.35. The van der Waals surface area contributed by atoms with Crippen molar-refractivity contribution in [1.29, 1.82) is 0 Å². The molecule has 1 fully saturated rings. The number of amides is 1. The van der Waals surface area contributed by atoms with Crippen molar-refractivity contribution in [3.8, 4) is 0 Å². The first kappa shape index (κ1) is 21.3. The first-order chi connectivity index (χ1) is 14.0. The van der Waals surface area contributed by atoms with Crippen LogP contribution < -0.4 is 5.32 Å². The fourth-order valence-electron chi connectivity index (χ4n) is 4.50. The highest BCUT2D eigenvalue weighted by Crippen LogP contribution is 2.38. The van der Waals surface area contributed by atoms with Gasteiger partial charge in [0.25, 0.3) is 0 Å². The van der Waals surface area contributed by atoms with Crippen molar-refractivity contribution in [3.05, 3.63) is 64.7 Å². The molecule has 154 valence electrons. The van der Waals surface area contributed by atoms with Crippen LogP contribution in [0.15, 0.2) is 42.5 Å². The number of aryl methyl sites for hydroxylation is 2. The van der Waals surface area contributed by atoms with E-state index in [1.807, 2.05) is 25.1 Å². The Hall–Kier alpha value is -2.42. The third-order valence-electron chi connectivity index (χ3n) is 6.35. The summed E-state index contributed by atoms with van der Waals surface area (Å²) in [4.78, 5) is 24.8. The highest BCUT2D eigenvalue weighted by atomic mass is 16.2. The van der Waals surface area contributed by atoms with Crippen LogP contribution in [0.25, 0.3) is 0 Å². The summed E-state index contributed by atoms with van der Waals surface area (Å²) in [6.45, 7) is 5.81.